The molecule has 0 saturated heterocycles. The first kappa shape index (κ1) is 21.3. The van der Waals surface area contributed by atoms with Gasteiger partial charge in [-0.15, -0.1) is 0 Å². The quantitative estimate of drug-likeness (QED) is 0.382. The Hall–Kier alpha value is -2.91. The molecule has 1 aliphatic carbocycles. The van der Waals surface area contributed by atoms with Crippen LogP contribution in [0.1, 0.15) is 42.4 Å². The Labute approximate surface area is 185 Å². The van der Waals surface area contributed by atoms with Gasteiger partial charge in [0, 0.05) is 13.1 Å². The van der Waals surface area contributed by atoms with Crippen molar-refractivity contribution in [3.8, 4) is 0 Å². The Morgan fingerprint density at radius 2 is 1.26 bits per heavy atom. The van der Waals surface area contributed by atoms with Crippen LogP contribution in [-0.4, -0.2) is 16.9 Å². The molecule has 0 radical (unpaired) electrons. The number of rotatable bonds is 10. The lowest BCUT2D eigenvalue weighted by molar-refractivity contribution is -0.153. The van der Waals surface area contributed by atoms with E-state index in [-0.39, 0.29) is 12.0 Å². The van der Waals surface area contributed by atoms with E-state index in [1.54, 1.807) is 0 Å². The van der Waals surface area contributed by atoms with Gasteiger partial charge in [-0.05, 0) is 29.0 Å². The lowest BCUT2D eigenvalue weighted by atomic mass is 9.80. The summed E-state index contributed by atoms with van der Waals surface area (Å²) < 4.78 is 5.84. The number of hydrogen-bond acceptors (Lipinski definition) is 3. The second-order valence-electron chi connectivity index (χ2n) is 8.52. The molecule has 31 heavy (non-hydrogen) atoms. The monoisotopic (exact) mass is 413 g/mol. The molecule has 3 aromatic rings. The normalized spacial score (nSPS) is 14.7. The fourth-order valence-corrected chi connectivity index (χ4v) is 4.18. The van der Waals surface area contributed by atoms with E-state index in [1.807, 2.05) is 42.5 Å². The van der Waals surface area contributed by atoms with Crippen LogP contribution in [0.3, 0.4) is 0 Å². The summed E-state index contributed by atoms with van der Waals surface area (Å²) in [7, 11) is 0. The molecule has 3 nitrogen and oxygen atoms in total. The first-order chi connectivity index (χ1) is 15.3. The van der Waals surface area contributed by atoms with Gasteiger partial charge in [0.1, 0.15) is 12.6 Å². The van der Waals surface area contributed by atoms with E-state index in [0.29, 0.717) is 12.5 Å². The summed E-state index contributed by atoms with van der Waals surface area (Å²) in [6.07, 6.45) is 4.57. The van der Waals surface area contributed by atoms with Gasteiger partial charge >= 0.3 is 5.97 Å². The van der Waals surface area contributed by atoms with Gasteiger partial charge < -0.3 is 4.74 Å². The zero-order valence-electron chi connectivity index (χ0n) is 18.0. The van der Waals surface area contributed by atoms with Crippen LogP contribution in [-0.2, 0) is 29.2 Å². The van der Waals surface area contributed by atoms with Gasteiger partial charge in [0.2, 0.25) is 0 Å². The third kappa shape index (κ3) is 6.28. The van der Waals surface area contributed by atoms with Crippen molar-refractivity contribution in [3.05, 3.63) is 108 Å². The molecule has 0 bridgehead atoms. The predicted octanol–water partition coefficient (Wildman–Crippen LogP) is 5.99. The molecule has 1 saturated carbocycles. The zero-order chi connectivity index (χ0) is 21.3. The number of carbonyl (C=O) groups excluding carboxylic acids is 1. The molecule has 1 aliphatic rings. The van der Waals surface area contributed by atoms with E-state index in [0.717, 1.165) is 25.1 Å². The Balaban J connectivity index is 1.54. The molecule has 0 aliphatic heterocycles. The fourth-order valence-electron chi connectivity index (χ4n) is 4.18. The van der Waals surface area contributed by atoms with Crippen LogP contribution in [0.2, 0.25) is 0 Å². The number of hydrogen-bond donors (Lipinski definition) is 0. The highest BCUT2D eigenvalue weighted by Gasteiger charge is 2.32. The number of esters is 1. The van der Waals surface area contributed by atoms with Crippen LogP contribution in [0.15, 0.2) is 91.0 Å². The van der Waals surface area contributed by atoms with Gasteiger partial charge in [-0.25, -0.2) is 0 Å². The van der Waals surface area contributed by atoms with Crippen LogP contribution in [0, 0.1) is 5.92 Å². The van der Waals surface area contributed by atoms with E-state index in [2.05, 4.69) is 53.4 Å². The van der Waals surface area contributed by atoms with E-state index in [9.17, 15) is 4.79 Å². The molecular formula is C28H31NO2. The average Bonchev–Trinajstić information content (AvgIpc) is 2.79. The van der Waals surface area contributed by atoms with Gasteiger partial charge in [-0.3, -0.25) is 9.69 Å². The first-order valence-corrected chi connectivity index (χ1v) is 11.3. The Bertz CT molecular complexity index is 882. The maximum absolute atomic E-state index is 13.4. The third-order valence-corrected chi connectivity index (χ3v) is 6.18. The average molecular weight is 414 g/mol. The third-order valence-electron chi connectivity index (χ3n) is 6.18. The highest BCUT2D eigenvalue weighted by atomic mass is 16.5. The number of carbonyl (C=O) groups is 1. The minimum atomic E-state index is -0.241. The predicted molar refractivity (Wildman–Crippen MR) is 124 cm³/mol. The Kier molecular flexibility index (Phi) is 7.51. The molecule has 3 heteroatoms. The molecule has 0 spiro atoms. The molecule has 4 rings (SSSR count). The topological polar surface area (TPSA) is 29.5 Å². The first-order valence-electron chi connectivity index (χ1n) is 11.3. The van der Waals surface area contributed by atoms with Gasteiger partial charge in [0.15, 0.2) is 0 Å². The summed E-state index contributed by atoms with van der Waals surface area (Å²) in [6, 6.07) is 30.5. The summed E-state index contributed by atoms with van der Waals surface area (Å²) in [6.45, 7) is 1.78. The maximum atomic E-state index is 13.4. The molecule has 160 valence electrons. The van der Waals surface area contributed by atoms with Crippen LogP contribution < -0.4 is 0 Å². The molecule has 3 aromatic carbocycles. The van der Waals surface area contributed by atoms with Crippen molar-refractivity contribution < 1.29 is 9.53 Å². The van der Waals surface area contributed by atoms with Crippen molar-refractivity contribution in [3.63, 3.8) is 0 Å². The molecule has 1 fully saturated rings. The maximum Gasteiger partial charge on any atom is 0.323 e. The Morgan fingerprint density at radius 1 is 0.774 bits per heavy atom. The molecule has 0 aromatic heterocycles. The highest BCUT2D eigenvalue weighted by Crippen LogP contribution is 2.33. The van der Waals surface area contributed by atoms with Crippen molar-refractivity contribution in [1.29, 1.82) is 0 Å². The van der Waals surface area contributed by atoms with E-state index in [1.165, 1.54) is 30.4 Å². The molecule has 0 unspecified atom stereocenters. The highest BCUT2D eigenvalue weighted by molar-refractivity contribution is 5.76. The van der Waals surface area contributed by atoms with Crippen molar-refractivity contribution in [2.45, 2.75) is 51.4 Å². The second kappa shape index (κ2) is 10.9. The van der Waals surface area contributed by atoms with E-state index in [4.69, 9.17) is 4.74 Å². The summed E-state index contributed by atoms with van der Waals surface area (Å²) >= 11 is 0. The summed E-state index contributed by atoms with van der Waals surface area (Å²) in [5.74, 6) is 0.505. The minimum absolute atomic E-state index is 0.109. The van der Waals surface area contributed by atoms with Gasteiger partial charge in [0.25, 0.3) is 0 Å². The molecule has 0 heterocycles. The molecule has 1 atom stereocenters. The lowest BCUT2D eigenvalue weighted by Gasteiger charge is -2.35. The van der Waals surface area contributed by atoms with Crippen molar-refractivity contribution >= 4 is 5.97 Å². The fraction of sp³-hybridized carbons (Fsp3) is 0.321. The second-order valence-corrected chi connectivity index (χ2v) is 8.52. The van der Waals surface area contributed by atoms with Gasteiger partial charge in [0.05, 0.1) is 0 Å². The molecular weight excluding hydrogens is 382 g/mol. The van der Waals surface area contributed by atoms with Crippen LogP contribution >= 0.6 is 0 Å². The number of nitrogens with zero attached hydrogens (tertiary/aromatic N) is 1. The van der Waals surface area contributed by atoms with E-state index >= 15 is 0 Å². The Morgan fingerprint density at radius 3 is 1.71 bits per heavy atom. The van der Waals surface area contributed by atoms with Crippen LogP contribution in [0.5, 0.6) is 0 Å². The summed E-state index contributed by atoms with van der Waals surface area (Å²) in [5.41, 5.74) is 3.46. The van der Waals surface area contributed by atoms with Crippen molar-refractivity contribution in [2.24, 2.45) is 5.92 Å². The minimum Gasteiger partial charge on any atom is -0.460 e. The van der Waals surface area contributed by atoms with Crippen LogP contribution in [0.25, 0.3) is 0 Å². The van der Waals surface area contributed by atoms with E-state index < -0.39 is 0 Å². The summed E-state index contributed by atoms with van der Waals surface area (Å²) in [5, 5.41) is 0. The number of benzene rings is 3. The molecule has 0 N–H and O–H groups in total. The standard InChI is InChI=1S/C28H31NO2/c30-28(31-22-26-15-8-3-9-16-26)27(19-23-17-10-18-23)29(20-24-11-4-1-5-12-24)21-25-13-6-2-7-14-25/h1-9,11-16,23,27H,10,17-22H2/t27-/m0/s1. The zero-order valence-corrected chi connectivity index (χ0v) is 18.0. The van der Waals surface area contributed by atoms with Crippen molar-refractivity contribution in [1.82, 2.24) is 4.90 Å². The SMILES string of the molecule is O=C(OCc1ccccc1)[C@H](CC1CCC1)N(Cc1ccccc1)Cc1ccccc1. The smallest absolute Gasteiger partial charge is 0.323 e. The number of ether oxygens (including phenoxy) is 1. The van der Waals surface area contributed by atoms with Crippen LogP contribution in [0.4, 0.5) is 0 Å². The molecule has 0 amide bonds. The van der Waals surface area contributed by atoms with Gasteiger partial charge in [-0.2, -0.15) is 0 Å². The van der Waals surface area contributed by atoms with Crippen molar-refractivity contribution in [2.75, 3.05) is 0 Å². The largest absolute Gasteiger partial charge is 0.460 e. The summed E-state index contributed by atoms with van der Waals surface area (Å²) in [4.78, 5) is 15.7. The lowest BCUT2D eigenvalue weighted by Crippen LogP contribution is -2.43. The van der Waals surface area contributed by atoms with Gasteiger partial charge in [-0.1, -0.05) is 110 Å².